The number of anilines is 2. The summed E-state index contributed by atoms with van der Waals surface area (Å²) in [4.78, 5) is 17.4. The van der Waals surface area contributed by atoms with Crippen LogP contribution in [0, 0.1) is 17.8 Å². The summed E-state index contributed by atoms with van der Waals surface area (Å²) in [5.74, 6) is 3.04. The number of carbonyl (C=O) groups excluding carboxylic acids is 1. The Labute approximate surface area is 185 Å². The topological polar surface area (TPSA) is 86.7 Å². The summed E-state index contributed by atoms with van der Waals surface area (Å²) in [6.07, 6.45) is 0.502. The molecule has 2 rings (SSSR count). The van der Waals surface area contributed by atoms with Crippen LogP contribution in [0.3, 0.4) is 0 Å². The summed E-state index contributed by atoms with van der Waals surface area (Å²) >= 11 is 1.66. The van der Waals surface area contributed by atoms with E-state index >= 15 is 0 Å². The van der Waals surface area contributed by atoms with Gasteiger partial charge in [0.15, 0.2) is 0 Å². The molecule has 170 valence electrons. The van der Waals surface area contributed by atoms with Gasteiger partial charge < -0.3 is 24.8 Å². The number of aliphatic hydroxyl groups is 1. The van der Waals surface area contributed by atoms with Gasteiger partial charge in [-0.25, -0.2) is 4.98 Å². The fraction of sp³-hybridized carbons (Fsp3) is 0.727. The second-order valence-electron chi connectivity index (χ2n) is 8.90. The molecule has 1 fully saturated rings. The van der Waals surface area contributed by atoms with Gasteiger partial charge in [0.05, 0.1) is 12.7 Å². The van der Waals surface area contributed by atoms with Gasteiger partial charge in [-0.15, -0.1) is 0 Å². The molecule has 1 heterocycles. The molecule has 1 amide bonds. The minimum Gasteiger partial charge on any atom is -0.389 e. The van der Waals surface area contributed by atoms with Crippen molar-refractivity contribution in [3.63, 3.8) is 0 Å². The molecule has 3 atom stereocenters. The van der Waals surface area contributed by atoms with Crippen LogP contribution in [-0.4, -0.2) is 60.7 Å². The number of amides is 1. The number of hydrogen-bond donors (Lipinski definition) is 3. The van der Waals surface area contributed by atoms with Gasteiger partial charge in [-0.2, -0.15) is 0 Å². The lowest BCUT2D eigenvalue weighted by Gasteiger charge is -2.21. The monoisotopic (exact) mass is 438 g/mol. The van der Waals surface area contributed by atoms with E-state index in [2.05, 4.69) is 45.3 Å². The summed E-state index contributed by atoms with van der Waals surface area (Å²) in [6, 6.07) is 3.57. The molecule has 1 unspecified atom stereocenters. The van der Waals surface area contributed by atoms with Crippen molar-refractivity contribution in [1.29, 1.82) is 0 Å². The van der Waals surface area contributed by atoms with Gasteiger partial charge >= 0.3 is 0 Å². The molecule has 30 heavy (non-hydrogen) atoms. The molecule has 0 aromatic carbocycles. The minimum absolute atomic E-state index is 0.146. The average Bonchev–Trinajstić information content (AvgIpc) is 3.38. The Morgan fingerprint density at radius 2 is 2.03 bits per heavy atom. The number of rotatable bonds is 13. The molecule has 0 saturated heterocycles. The third kappa shape index (κ3) is 8.70. The molecule has 1 saturated carbocycles. The predicted molar refractivity (Wildman–Crippen MR) is 125 cm³/mol. The highest BCUT2D eigenvalue weighted by atomic mass is 32.2. The van der Waals surface area contributed by atoms with Crippen LogP contribution in [0.15, 0.2) is 12.1 Å². The van der Waals surface area contributed by atoms with E-state index in [1.165, 1.54) is 6.42 Å². The van der Waals surface area contributed by atoms with Gasteiger partial charge in [-0.3, -0.25) is 4.79 Å². The van der Waals surface area contributed by atoms with Crippen LogP contribution in [0.1, 0.15) is 51.4 Å². The van der Waals surface area contributed by atoms with Crippen LogP contribution in [0.5, 0.6) is 0 Å². The predicted octanol–water partition coefficient (Wildman–Crippen LogP) is 3.41. The van der Waals surface area contributed by atoms with Gasteiger partial charge in [0, 0.05) is 37.6 Å². The summed E-state index contributed by atoms with van der Waals surface area (Å²) < 4.78 is 7.43. The molecular formula is C22H38N4O3S. The Bertz CT molecular complexity index is 686. The Morgan fingerprint density at radius 1 is 1.33 bits per heavy atom. The van der Waals surface area contributed by atoms with Gasteiger partial charge in [0.25, 0.3) is 5.91 Å². The third-order valence-electron chi connectivity index (χ3n) is 4.85. The van der Waals surface area contributed by atoms with E-state index in [0.717, 1.165) is 18.3 Å². The first-order valence-electron chi connectivity index (χ1n) is 10.9. The maximum absolute atomic E-state index is 12.7. The van der Waals surface area contributed by atoms with E-state index < -0.39 is 6.10 Å². The lowest BCUT2D eigenvalue weighted by molar-refractivity contribution is 0.0259. The zero-order valence-electron chi connectivity index (χ0n) is 19.1. The first-order chi connectivity index (χ1) is 14.2. The summed E-state index contributed by atoms with van der Waals surface area (Å²) in [5.41, 5.74) is 0.526. The van der Waals surface area contributed by atoms with E-state index in [1.54, 1.807) is 24.1 Å². The standard InChI is InChI=1S/C22H38N4O3S/c1-14(2)12-29-13-19(27)11-24-22(28)17-8-20(23-10-18-7-16(18)5)25-21(9-17)26(6)30-15(3)4/h8-9,14-16,18-19,27H,7,10-13H2,1-6H3,(H,23,25)(H,24,28)/t16-,18+,19?/m0/s1. The van der Waals surface area contributed by atoms with Crippen molar-refractivity contribution in [3.05, 3.63) is 17.7 Å². The second-order valence-corrected chi connectivity index (χ2v) is 10.6. The highest BCUT2D eigenvalue weighted by molar-refractivity contribution is 8.01. The van der Waals surface area contributed by atoms with Crippen molar-refractivity contribution in [3.8, 4) is 0 Å². The van der Waals surface area contributed by atoms with Gasteiger partial charge in [0.2, 0.25) is 0 Å². The van der Waals surface area contributed by atoms with Crippen LogP contribution < -0.4 is 14.9 Å². The first kappa shape index (κ1) is 24.8. The lowest BCUT2D eigenvalue weighted by atomic mass is 10.2. The maximum atomic E-state index is 12.7. The van der Waals surface area contributed by atoms with Crippen LogP contribution in [0.25, 0.3) is 0 Å². The molecule has 1 aromatic rings. The smallest absolute Gasteiger partial charge is 0.251 e. The second kappa shape index (κ2) is 11.8. The van der Waals surface area contributed by atoms with E-state index in [4.69, 9.17) is 9.72 Å². The van der Waals surface area contributed by atoms with Crippen molar-refractivity contribution < 1.29 is 14.6 Å². The van der Waals surface area contributed by atoms with Crippen LogP contribution in [0.4, 0.5) is 11.6 Å². The fourth-order valence-electron chi connectivity index (χ4n) is 3.00. The first-order valence-corrected chi connectivity index (χ1v) is 11.7. The highest BCUT2D eigenvalue weighted by Crippen LogP contribution is 2.37. The number of ether oxygens (including phenoxy) is 1. The molecule has 1 aromatic heterocycles. The summed E-state index contributed by atoms with van der Waals surface area (Å²) in [7, 11) is 1.96. The zero-order valence-corrected chi connectivity index (χ0v) is 20.0. The normalized spacial score (nSPS) is 19.1. The molecule has 7 nitrogen and oxygen atoms in total. The van der Waals surface area contributed by atoms with Gasteiger partial charge in [-0.1, -0.05) is 34.6 Å². The van der Waals surface area contributed by atoms with Crippen LogP contribution in [0.2, 0.25) is 0 Å². The summed E-state index contributed by atoms with van der Waals surface area (Å²) in [6.45, 7) is 12.4. The number of pyridine rings is 1. The Balaban J connectivity index is 2.01. The number of aliphatic hydroxyl groups excluding tert-OH is 1. The van der Waals surface area contributed by atoms with Crippen LogP contribution in [-0.2, 0) is 4.74 Å². The Kier molecular flexibility index (Phi) is 9.71. The van der Waals surface area contributed by atoms with Gasteiger partial charge in [0.1, 0.15) is 11.6 Å². The number of nitrogens with one attached hydrogen (secondary N) is 2. The lowest BCUT2D eigenvalue weighted by Crippen LogP contribution is -2.35. The highest BCUT2D eigenvalue weighted by Gasteiger charge is 2.32. The molecule has 0 aliphatic heterocycles. The van der Waals surface area contributed by atoms with E-state index in [0.29, 0.717) is 35.1 Å². The van der Waals surface area contributed by atoms with Crippen molar-refractivity contribution in [1.82, 2.24) is 10.3 Å². The number of hydrogen-bond acceptors (Lipinski definition) is 7. The van der Waals surface area contributed by atoms with Crippen molar-refractivity contribution in [2.45, 2.75) is 52.4 Å². The largest absolute Gasteiger partial charge is 0.389 e. The van der Waals surface area contributed by atoms with E-state index in [9.17, 15) is 9.90 Å². The molecule has 0 bridgehead atoms. The molecule has 1 aliphatic carbocycles. The molecule has 0 radical (unpaired) electrons. The zero-order chi connectivity index (χ0) is 22.3. The average molecular weight is 439 g/mol. The Hall–Kier alpha value is -1.51. The van der Waals surface area contributed by atoms with Crippen molar-refractivity contribution in [2.75, 3.05) is 43.0 Å². The van der Waals surface area contributed by atoms with Crippen molar-refractivity contribution >= 4 is 29.5 Å². The van der Waals surface area contributed by atoms with Crippen molar-refractivity contribution in [2.24, 2.45) is 17.8 Å². The minimum atomic E-state index is -0.734. The molecule has 0 spiro atoms. The van der Waals surface area contributed by atoms with Crippen LogP contribution >= 0.6 is 11.9 Å². The number of carbonyl (C=O) groups is 1. The molecule has 1 aliphatic rings. The van der Waals surface area contributed by atoms with Gasteiger partial charge in [-0.05, 0) is 48.3 Å². The third-order valence-corrected chi connectivity index (χ3v) is 5.77. The molecule has 3 N–H and O–H groups in total. The molecular weight excluding hydrogens is 400 g/mol. The quantitative estimate of drug-likeness (QED) is 0.407. The fourth-order valence-corrected chi connectivity index (χ4v) is 3.83. The maximum Gasteiger partial charge on any atom is 0.251 e. The number of nitrogens with zero attached hydrogens (tertiary/aromatic N) is 2. The van der Waals surface area contributed by atoms with E-state index in [1.807, 2.05) is 11.4 Å². The molecule has 8 heteroatoms. The summed E-state index contributed by atoms with van der Waals surface area (Å²) in [5, 5.41) is 16.7. The number of aromatic nitrogens is 1. The van der Waals surface area contributed by atoms with E-state index in [-0.39, 0.29) is 19.1 Å². The SMILES string of the molecule is CC(C)COCC(O)CNC(=O)c1cc(NC[C@H]2C[C@@H]2C)nc(N(C)SC(C)C)c1. The Morgan fingerprint density at radius 3 is 2.63 bits per heavy atom.